The van der Waals surface area contributed by atoms with Crippen molar-refractivity contribution in [2.24, 2.45) is 0 Å². The first-order chi connectivity index (χ1) is 12.1. The van der Waals surface area contributed by atoms with Crippen LogP contribution >= 0.6 is 0 Å². The molecule has 0 fully saturated rings. The van der Waals surface area contributed by atoms with Crippen molar-refractivity contribution in [3.63, 3.8) is 0 Å². The maximum atomic E-state index is 3.25. The quantitative estimate of drug-likeness (QED) is 0.559. The van der Waals surface area contributed by atoms with Crippen molar-refractivity contribution in [3.8, 4) is 0 Å². The van der Waals surface area contributed by atoms with E-state index in [1.165, 1.54) is 0 Å². The molecule has 0 saturated carbocycles. The molecule has 2 heterocycles. The summed E-state index contributed by atoms with van der Waals surface area (Å²) < 4.78 is 0. The van der Waals surface area contributed by atoms with Gasteiger partial charge in [-0.2, -0.15) is 74.0 Å². The fourth-order valence-corrected chi connectivity index (χ4v) is 2.86. The first-order valence-electron chi connectivity index (χ1n) is 8.28. The van der Waals surface area contributed by atoms with Gasteiger partial charge < -0.3 is 19.6 Å². The first-order valence-corrected chi connectivity index (χ1v) is 8.28. The molecule has 0 N–H and O–H groups in total. The molecule has 5 heteroatoms. The Hall–Kier alpha value is -2.19. The van der Waals surface area contributed by atoms with Gasteiger partial charge in [0.2, 0.25) is 0 Å². The maximum Gasteiger partial charge on any atom is 4.00 e. The number of anilines is 2. The van der Waals surface area contributed by atoms with E-state index in [2.05, 4.69) is 83.7 Å². The Morgan fingerprint density at radius 3 is 1.58 bits per heavy atom. The molecule has 0 radical (unpaired) electrons. The largest absolute Gasteiger partial charge is 4.00 e. The predicted molar refractivity (Wildman–Crippen MR) is 100 cm³/mol. The van der Waals surface area contributed by atoms with E-state index in [9.17, 15) is 0 Å². The third-order valence-corrected chi connectivity index (χ3v) is 4.48. The second-order valence-electron chi connectivity index (χ2n) is 6.45. The fourth-order valence-electron chi connectivity index (χ4n) is 2.86. The Balaban J connectivity index is 0.00000196. The van der Waals surface area contributed by atoms with E-state index in [1.807, 2.05) is 48.5 Å². The molecular weight excluding hydrogens is 503 g/mol. The van der Waals surface area contributed by atoms with Crippen molar-refractivity contribution >= 4 is 11.4 Å². The zero-order chi connectivity index (χ0) is 17.3. The maximum absolute atomic E-state index is 3.25. The smallest absolute Gasteiger partial charge is 0.500 e. The van der Waals surface area contributed by atoms with E-state index in [1.54, 1.807) is 0 Å². The van der Waals surface area contributed by atoms with E-state index in [0.29, 0.717) is 0 Å². The summed E-state index contributed by atoms with van der Waals surface area (Å²) in [6.07, 6.45) is 8.27. The minimum absolute atomic E-state index is 0. The molecule has 0 spiro atoms. The summed E-state index contributed by atoms with van der Waals surface area (Å²) >= 11 is 0. The van der Waals surface area contributed by atoms with E-state index < -0.39 is 0 Å². The minimum atomic E-state index is -0.250. The molecule has 2 aliphatic heterocycles. The molecule has 4 rings (SSSR count). The van der Waals surface area contributed by atoms with Crippen LogP contribution in [0.1, 0.15) is 13.8 Å². The molecule has 0 bridgehead atoms. The Morgan fingerprint density at radius 1 is 0.731 bits per heavy atom. The Bertz CT molecular complexity index is 708. The van der Waals surface area contributed by atoms with Gasteiger partial charge in [-0.25, -0.2) is 0 Å². The van der Waals surface area contributed by atoms with Crippen LogP contribution in [0.3, 0.4) is 0 Å². The van der Waals surface area contributed by atoms with Gasteiger partial charge in [-0.15, -0.1) is 11.4 Å². The molecule has 26 heavy (non-hydrogen) atoms. The van der Waals surface area contributed by atoms with Crippen molar-refractivity contribution in [1.29, 1.82) is 0 Å². The van der Waals surface area contributed by atoms with Crippen LogP contribution in [0.2, 0.25) is 0 Å². The van der Waals surface area contributed by atoms with Crippen LogP contribution in [0.4, 0.5) is 11.4 Å². The van der Waals surface area contributed by atoms with Gasteiger partial charge in [-0.3, -0.25) is 0 Å². The SMILES string of the molecule is CC(C)(N1C=CN(c2[c-]cccc2)[CH-]1)N1C=CN(c2[c-]cccc2)[CH-]1.[Pt+4]. The second kappa shape index (κ2) is 7.59. The fraction of sp³-hybridized carbons (Fsp3) is 0.143. The van der Waals surface area contributed by atoms with Crippen molar-refractivity contribution in [1.82, 2.24) is 9.80 Å². The van der Waals surface area contributed by atoms with Gasteiger partial charge in [0, 0.05) is 0 Å². The van der Waals surface area contributed by atoms with Gasteiger partial charge in [0.15, 0.2) is 0 Å². The van der Waals surface area contributed by atoms with Crippen molar-refractivity contribution < 1.29 is 21.1 Å². The topological polar surface area (TPSA) is 13.0 Å². The first kappa shape index (κ1) is 18.6. The van der Waals surface area contributed by atoms with E-state index in [0.717, 1.165) is 11.4 Å². The number of nitrogens with zero attached hydrogens (tertiary/aromatic N) is 4. The van der Waals surface area contributed by atoms with Crippen molar-refractivity contribution in [2.75, 3.05) is 9.80 Å². The average Bonchev–Trinajstić information content (AvgIpc) is 3.34. The summed E-state index contributed by atoms with van der Waals surface area (Å²) in [5.74, 6) is 0. The summed E-state index contributed by atoms with van der Waals surface area (Å²) in [6, 6.07) is 22.4. The zero-order valence-corrected chi connectivity index (χ0v) is 17.0. The van der Waals surface area contributed by atoms with Gasteiger partial charge in [0.1, 0.15) is 0 Å². The van der Waals surface area contributed by atoms with Crippen LogP contribution in [0.5, 0.6) is 0 Å². The molecule has 2 aromatic carbocycles. The molecule has 134 valence electrons. The van der Waals surface area contributed by atoms with Gasteiger partial charge in [-0.05, 0) is 38.6 Å². The van der Waals surface area contributed by atoms with Crippen molar-refractivity contribution in [2.45, 2.75) is 19.5 Å². The number of benzene rings is 2. The Morgan fingerprint density at radius 2 is 1.19 bits per heavy atom. The molecule has 2 aromatic rings. The summed E-state index contributed by atoms with van der Waals surface area (Å²) in [6.45, 7) is 8.55. The second-order valence-corrected chi connectivity index (χ2v) is 6.45. The predicted octanol–water partition coefficient (Wildman–Crippen LogP) is 4.15. The van der Waals surface area contributed by atoms with Gasteiger partial charge in [0.25, 0.3) is 0 Å². The zero-order valence-electron chi connectivity index (χ0n) is 14.7. The molecule has 0 saturated heterocycles. The minimum Gasteiger partial charge on any atom is -0.500 e. The number of para-hydroxylation sites is 2. The van der Waals surface area contributed by atoms with Gasteiger partial charge >= 0.3 is 21.1 Å². The number of rotatable bonds is 4. The number of hydrogen-bond donors (Lipinski definition) is 0. The normalized spacial score (nSPS) is 16.4. The third-order valence-electron chi connectivity index (χ3n) is 4.48. The molecule has 2 aliphatic rings. The van der Waals surface area contributed by atoms with Crippen LogP contribution in [-0.2, 0) is 21.1 Å². The van der Waals surface area contributed by atoms with E-state index >= 15 is 0 Å². The molecular formula is C21H20N4Pt. The molecule has 0 amide bonds. The standard InChI is InChI=1S/C21H20N4.Pt/c1-21(2,24-15-13-22(17-24)19-9-5-3-6-10-19)25-16-14-23(18-25)20-11-7-4-8-12-20;/h3-9,11,13-18H,1-2H3;/q-4;+4. The van der Waals surface area contributed by atoms with Crippen LogP contribution < -0.4 is 9.80 Å². The van der Waals surface area contributed by atoms with Gasteiger partial charge in [0.05, 0.1) is 5.66 Å². The molecule has 0 aliphatic carbocycles. The van der Waals surface area contributed by atoms with Crippen LogP contribution in [0.25, 0.3) is 0 Å². The summed E-state index contributed by atoms with van der Waals surface area (Å²) in [5, 5.41) is 0. The summed E-state index contributed by atoms with van der Waals surface area (Å²) in [7, 11) is 0. The Labute approximate surface area is 170 Å². The van der Waals surface area contributed by atoms with Crippen LogP contribution in [0, 0.1) is 25.5 Å². The van der Waals surface area contributed by atoms with Gasteiger partial charge in [-0.1, -0.05) is 0 Å². The molecule has 0 atom stereocenters. The molecule has 0 unspecified atom stereocenters. The van der Waals surface area contributed by atoms with Crippen LogP contribution in [-0.4, -0.2) is 15.5 Å². The average molecular weight is 523 g/mol. The number of hydrogen-bond acceptors (Lipinski definition) is 4. The van der Waals surface area contributed by atoms with Crippen LogP contribution in [0.15, 0.2) is 73.3 Å². The third kappa shape index (κ3) is 3.52. The van der Waals surface area contributed by atoms with E-state index in [-0.39, 0.29) is 26.7 Å². The van der Waals surface area contributed by atoms with E-state index in [4.69, 9.17) is 0 Å². The summed E-state index contributed by atoms with van der Waals surface area (Å²) in [5.41, 5.74) is 1.80. The molecule has 0 aromatic heterocycles. The molecule has 4 nitrogen and oxygen atoms in total. The Kier molecular flexibility index (Phi) is 5.43. The monoisotopic (exact) mass is 523 g/mol. The van der Waals surface area contributed by atoms with Crippen molar-refractivity contribution in [3.05, 3.63) is 98.8 Å². The summed E-state index contributed by atoms with van der Waals surface area (Å²) in [4.78, 5) is 8.52.